The molecule has 1 fully saturated rings. The summed E-state index contributed by atoms with van der Waals surface area (Å²) < 4.78 is 0. The van der Waals surface area contributed by atoms with Crippen molar-refractivity contribution in [1.82, 2.24) is 4.90 Å². The fourth-order valence-corrected chi connectivity index (χ4v) is 4.16. The van der Waals surface area contributed by atoms with E-state index in [1.54, 1.807) is 6.08 Å². The minimum Gasteiger partial charge on any atom is -0.271 e. The van der Waals surface area contributed by atoms with Gasteiger partial charge in [0.15, 0.2) is 0 Å². The minimum atomic E-state index is -0.0404. The Balaban J connectivity index is 1.83. The summed E-state index contributed by atoms with van der Waals surface area (Å²) in [5.41, 5.74) is 1.72. The van der Waals surface area contributed by atoms with Crippen LogP contribution in [0.5, 0.6) is 0 Å². The molecule has 3 rings (SSSR count). The molecule has 3 nitrogen and oxygen atoms in total. The van der Waals surface area contributed by atoms with Crippen molar-refractivity contribution < 1.29 is 9.59 Å². The first-order chi connectivity index (χ1) is 9.19. The van der Waals surface area contributed by atoms with E-state index in [1.807, 2.05) is 0 Å². The average Bonchev–Trinajstić information content (AvgIpc) is 3.03. The maximum absolute atomic E-state index is 12.4. The molecule has 1 saturated carbocycles. The van der Waals surface area contributed by atoms with E-state index < -0.39 is 0 Å². The van der Waals surface area contributed by atoms with E-state index in [1.165, 1.54) is 24.2 Å². The molecular formula is C16H21NO2. The van der Waals surface area contributed by atoms with Crippen LogP contribution in [0.2, 0.25) is 0 Å². The van der Waals surface area contributed by atoms with Gasteiger partial charge in [0.1, 0.15) is 0 Å². The van der Waals surface area contributed by atoms with E-state index in [9.17, 15) is 9.59 Å². The number of unbranched alkanes of at least 4 members (excludes halogenated alkanes) is 1. The molecule has 3 unspecified atom stereocenters. The number of rotatable bonds is 5. The number of carbonyl (C=O) groups is 2. The lowest BCUT2D eigenvalue weighted by atomic mass is 9.81. The van der Waals surface area contributed by atoms with Gasteiger partial charge in [0.25, 0.3) is 11.8 Å². The number of nitrogens with zero attached hydrogens (tertiary/aromatic N) is 1. The predicted octanol–water partition coefficient (Wildman–Crippen LogP) is 2.68. The maximum Gasteiger partial charge on any atom is 0.257 e. The number of imide groups is 1. The summed E-state index contributed by atoms with van der Waals surface area (Å²) >= 11 is 0. The third-order valence-corrected chi connectivity index (χ3v) is 4.96. The smallest absolute Gasteiger partial charge is 0.257 e. The van der Waals surface area contributed by atoms with Gasteiger partial charge in [0, 0.05) is 17.7 Å². The highest BCUT2D eigenvalue weighted by Gasteiger charge is 2.55. The summed E-state index contributed by atoms with van der Waals surface area (Å²) in [5, 5.41) is 0. The molecule has 3 aliphatic rings. The van der Waals surface area contributed by atoms with Crippen LogP contribution in [0.15, 0.2) is 23.8 Å². The van der Waals surface area contributed by atoms with E-state index in [0.29, 0.717) is 24.3 Å². The Morgan fingerprint density at radius 2 is 2.00 bits per heavy atom. The van der Waals surface area contributed by atoms with Gasteiger partial charge in [0.05, 0.1) is 0 Å². The van der Waals surface area contributed by atoms with Gasteiger partial charge in [-0.2, -0.15) is 0 Å². The molecule has 2 aliphatic carbocycles. The van der Waals surface area contributed by atoms with Gasteiger partial charge < -0.3 is 0 Å². The quantitative estimate of drug-likeness (QED) is 0.562. The van der Waals surface area contributed by atoms with Crippen molar-refractivity contribution in [1.29, 1.82) is 0 Å². The molecule has 0 aromatic heterocycles. The molecule has 0 radical (unpaired) electrons. The zero-order chi connectivity index (χ0) is 13.6. The molecule has 102 valence electrons. The molecule has 1 aliphatic heterocycles. The molecule has 2 bridgehead atoms. The topological polar surface area (TPSA) is 37.4 Å². The van der Waals surface area contributed by atoms with E-state index in [4.69, 9.17) is 0 Å². The number of amides is 2. The highest BCUT2D eigenvalue weighted by molar-refractivity contribution is 6.20. The molecule has 0 aromatic carbocycles. The third-order valence-electron chi connectivity index (χ3n) is 4.96. The van der Waals surface area contributed by atoms with Gasteiger partial charge in [-0.05, 0) is 37.0 Å². The molecule has 1 heterocycles. The first-order valence-electron chi connectivity index (χ1n) is 7.40. The largest absolute Gasteiger partial charge is 0.271 e. The molecule has 2 amide bonds. The summed E-state index contributed by atoms with van der Waals surface area (Å²) in [5.74, 6) is 1.27. The summed E-state index contributed by atoms with van der Waals surface area (Å²) in [6.07, 6.45) is 7.43. The first kappa shape index (κ1) is 12.6. The van der Waals surface area contributed by atoms with Crippen LogP contribution in [0.25, 0.3) is 0 Å². The van der Waals surface area contributed by atoms with Gasteiger partial charge in [-0.1, -0.05) is 25.8 Å². The van der Waals surface area contributed by atoms with E-state index in [2.05, 4.69) is 13.5 Å². The lowest BCUT2D eigenvalue weighted by Gasteiger charge is -2.21. The van der Waals surface area contributed by atoms with Crippen molar-refractivity contribution in [3.63, 3.8) is 0 Å². The van der Waals surface area contributed by atoms with Crippen molar-refractivity contribution in [3.05, 3.63) is 23.8 Å². The number of fused-ring (bicyclic) bond motifs is 4. The van der Waals surface area contributed by atoms with Crippen LogP contribution in [0.3, 0.4) is 0 Å². The molecule has 0 spiro atoms. The highest BCUT2D eigenvalue weighted by atomic mass is 16.2. The van der Waals surface area contributed by atoms with Gasteiger partial charge in [-0.25, -0.2) is 0 Å². The lowest BCUT2D eigenvalue weighted by molar-refractivity contribution is -0.137. The van der Waals surface area contributed by atoms with Crippen LogP contribution in [0.1, 0.15) is 39.0 Å². The second kappa shape index (κ2) is 4.62. The van der Waals surface area contributed by atoms with Crippen LogP contribution < -0.4 is 0 Å². The number of likely N-dealkylation sites (tertiary alicyclic amines) is 1. The maximum atomic E-state index is 12.4. The Bertz CT molecular complexity index is 477. The Kier molecular flexibility index (Phi) is 3.08. The number of hydrogen-bond donors (Lipinski definition) is 0. The average molecular weight is 259 g/mol. The van der Waals surface area contributed by atoms with Crippen molar-refractivity contribution in [2.24, 2.45) is 17.8 Å². The molecular weight excluding hydrogens is 238 g/mol. The van der Waals surface area contributed by atoms with Crippen LogP contribution in [-0.2, 0) is 9.59 Å². The Morgan fingerprint density at radius 3 is 2.68 bits per heavy atom. The van der Waals surface area contributed by atoms with Crippen molar-refractivity contribution in [2.45, 2.75) is 39.0 Å². The van der Waals surface area contributed by atoms with Gasteiger partial charge in [-0.3, -0.25) is 14.5 Å². The van der Waals surface area contributed by atoms with Crippen molar-refractivity contribution in [3.8, 4) is 0 Å². The monoisotopic (exact) mass is 259 g/mol. The second-order valence-corrected chi connectivity index (χ2v) is 6.01. The summed E-state index contributed by atoms with van der Waals surface area (Å²) in [4.78, 5) is 26.1. The first-order valence-corrected chi connectivity index (χ1v) is 7.40. The lowest BCUT2D eigenvalue weighted by Crippen LogP contribution is -2.33. The second-order valence-electron chi connectivity index (χ2n) is 6.01. The third kappa shape index (κ3) is 1.71. The normalized spacial score (nSPS) is 32.5. The zero-order valence-corrected chi connectivity index (χ0v) is 11.5. The fourth-order valence-electron chi connectivity index (χ4n) is 4.16. The fraction of sp³-hybridized carbons (Fsp3) is 0.625. The summed E-state index contributed by atoms with van der Waals surface area (Å²) in [6.45, 7) is 6.18. The van der Waals surface area contributed by atoms with Gasteiger partial charge in [-0.15, -0.1) is 6.58 Å². The Morgan fingerprint density at radius 1 is 1.26 bits per heavy atom. The number of carbonyl (C=O) groups excluding carboxylic acids is 2. The van der Waals surface area contributed by atoms with E-state index in [0.717, 1.165) is 24.0 Å². The number of hydrogen-bond acceptors (Lipinski definition) is 2. The molecule has 3 atom stereocenters. The van der Waals surface area contributed by atoms with Crippen molar-refractivity contribution >= 4 is 11.8 Å². The molecule has 19 heavy (non-hydrogen) atoms. The zero-order valence-electron chi connectivity index (χ0n) is 11.5. The molecule has 0 saturated heterocycles. The molecule has 3 heteroatoms. The Labute approximate surface area is 114 Å². The van der Waals surface area contributed by atoms with Crippen LogP contribution in [0.4, 0.5) is 0 Å². The van der Waals surface area contributed by atoms with Crippen LogP contribution in [-0.4, -0.2) is 23.3 Å². The van der Waals surface area contributed by atoms with Gasteiger partial charge in [0.2, 0.25) is 0 Å². The SMILES string of the molecule is C=CCN1C(=O)C2=C(C1=O)C1CC2CC1CCCC. The molecule has 0 N–H and O–H groups in total. The predicted molar refractivity (Wildman–Crippen MR) is 73.2 cm³/mol. The Hall–Kier alpha value is -1.38. The van der Waals surface area contributed by atoms with Crippen molar-refractivity contribution in [2.75, 3.05) is 6.54 Å². The molecule has 0 aromatic rings. The summed E-state index contributed by atoms with van der Waals surface area (Å²) in [6, 6.07) is 0. The standard InChI is InChI=1S/C16H21NO2/c1-3-5-6-10-8-11-9-12(10)14-13(11)15(18)17(7-4-2)16(14)19/h4,10-12H,2-3,5-9H2,1H3. The van der Waals surface area contributed by atoms with Crippen LogP contribution in [0, 0.1) is 17.8 Å². The van der Waals surface area contributed by atoms with E-state index >= 15 is 0 Å². The minimum absolute atomic E-state index is 0.0337. The van der Waals surface area contributed by atoms with E-state index in [-0.39, 0.29) is 11.8 Å². The highest BCUT2D eigenvalue weighted by Crippen LogP contribution is 2.56. The van der Waals surface area contributed by atoms with Crippen LogP contribution >= 0.6 is 0 Å². The summed E-state index contributed by atoms with van der Waals surface area (Å²) in [7, 11) is 0. The van der Waals surface area contributed by atoms with Gasteiger partial charge >= 0.3 is 0 Å².